The zero-order valence-electron chi connectivity index (χ0n) is 33.7. The molecule has 2 nitrogen and oxygen atoms in total. The molecular weight excluding hydrogens is 725 g/mol. The molecule has 0 unspecified atom stereocenters. The summed E-state index contributed by atoms with van der Waals surface area (Å²) in [6.07, 6.45) is 0. The molecule has 0 aliphatic heterocycles. The van der Waals surface area contributed by atoms with Gasteiger partial charge in [-0.05, 0) is 112 Å². The molecule has 5 aromatic carbocycles. The van der Waals surface area contributed by atoms with Crippen LogP contribution in [0.25, 0.3) is 63.1 Å². The number of hydrogen-bond donors (Lipinski definition) is 0. The van der Waals surface area contributed by atoms with E-state index in [-0.39, 0.29) is 0 Å². The molecule has 0 radical (unpaired) electrons. The van der Waals surface area contributed by atoms with Crippen molar-refractivity contribution in [2.24, 2.45) is 0 Å². The van der Waals surface area contributed by atoms with E-state index in [0.29, 0.717) is 0 Å². The first-order chi connectivity index (χ1) is 26.0. The van der Waals surface area contributed by atoms with Gasteiger partial charge in [0, 0.05) is 43.8 Å². The van der Waals surface area contributed by atoms with Crippen molar-refractivity contribution in [3.63, 3.8) is 0 Å². The summed E-state index contributed by atoms with van der Waals surface area (Å²) in [6, 6.07) is 29.9. The van der Waals surface area contributed by atoms with Gasteiger partial charge in [0.2, 0.25) is 0 Å². The zero-order valence-corrected chi connectivity index (χ0v) is 37.4. The second-order valence-corrected chi connectivity index (χ2v) is 27.4. The highest BCUT2D eigenvalue weighted by atomic mass is 32.1. The van der Waals surface area contributed by atoms with Crippen molar-refractivity contribution in [1.82, 2.24) is 9.97 Å². The summed E-state index contributed by atoms with van der Waals surface area (Å²) in [7, 11) is -3.52. The zero-order chi connectivity index (χ0) is 38.4. The maximum absolute atomic E-state index is 5.29. The Bertz CT molecular complexity index is 2370. The molecule has 0 saturated carbocycles. The highest BCUT2D eigenvalue weighted by Gasteiger charge is 2.26. The van der Waals surface area contributed by atoms with Gasteiger partial charge in [-0.25, -0.2) is 9.97 Å². The molecule has 274 valence electrons. The molecule has 7 rings (SSSR count). The maximum Gasteiger partial charge on any atom is 0.138 e. The number of thiazole rings is 2. The van der Waals surface area contributed by atoms with E-state index in [1.54, 1.807) is 22.7 Å². The molecule has 0 bridgehead atoms. The standard InChI is InChI=1S/C48H52N2S2Si2/c1-11-53(12-2,13-3)19-17-37-39-27-43-46(52-47(49-43)35-23-31(7)21-32(8)24-35)30-42(39)38(18-20-54(14-4,15-5)16-6)40-28-44-45(29-41(37)40)51-48(50-44)36-25-33(9)22-34(10)26-36/h21-30H,11-16H2,1-10H3. The lowest BCUT2D eigenvalue weighted by Crippen LogP contribution is -2.29. The van der Waals surface area contributed by atoms with Gasteiger partial charge in [0.1, 0.15) is 26.2 Å². The fraction of sp³-hybridized carbons (Fsp3) is 0.333. The Labute approximate surface area is 332 Å². The van der Waals surface area contributed by atoms with Crippen molar-refractivity contribution in [3.05, 3.63) is 94.0 Å². The van der Waals surface area contributed by atoms with Gasteiger partial charge >= 0.3 is 0 Å². The largest absolute Gasteiger partial charge is 0.236 e. The van der Waals surface area contributed by atoms with E-state index in [2.05, 4.69) is 153 Å². The molecule has 0 aliphatic rings. The molecule has 0 fully saturated rings. The Balaban J connectivity index is 1.61. The molecule has 0 aliphatic carbocycles. The molecular formula is C48H52N2S2Si2. The van der Waals surface area contributed by atoms with Crippen LogP contribution >= 0.6 is 22.7 Å². The van der Waals surface area contributed by atoms with Crippen LogP contribution in [0.2, 0.25) is 36.3 Å². The molecule has 0 saturated heterocycles. The first kappa shape index (κ1) is 38.2. The van der Waals surface area contributed by atoms with E-state index in [4.69, 9.17) is 9.97 Å². The predicted octanol–water partition coefficient (Wildman–Crippen LogP) is 14.6. The maximum atomic E-state index is 5.29. The molecule has 0 atom stereocenters. The first-order valence-electron chi connectivity index (χ1n) is 19.8. The highest BCUT2D eigenvalue weighted by Crippen LogP contribution is 2.42. The summed E-state index contributed by atoms with van der Waals surface area (Å²) >= 11 is 3.57. The van der Waals surface area contributed by atoms with Crippen LogP contribution in [0.15, 0.2) is 60.7 Å². The molecule has 2 heterocycles. The van der Waals surface area contributed by atoms with Crippen LogP contribution in [0.5, 0.6) is 0 Å². The third-order valence-corrected chi connectivity index (χ3v) is 23.6. The fourth-order valence-corrected chi connectivity index (χ4v) is 15.0. The van der Waals surface area contributed by atoms with Crippen molar-refractivity contribution < 1.29 is 0 Å². The highest BCUT2D eigenvalue weighted by molar-refractivity contribution is 7.22. The molecule has 0 spiro atoms. The number of fused-ring (bicyclic) bond motifs is 4. The molecule has 6 heteroatoms. The van der Waals surface area contributed by atoms with Crippen molar-refractivity contribution in [2.45, 2.75) is 106 Å². The summed E-state index contributed by atoms with van der Waals surface area (Å²) in [6.45, 7) is 22.7. The van der Waals surface area contributed by atoms with Crippen molar-refractivity contribution in [2.75, 3.05) is 0 Å². The number of hydrogen-bond acceptors (Lipinski definition) is 4. The Morgan fingerprint density at radius 2 is 0.759 bits per heavy atom. The summed E-state index contributed by atoms with van der Waals surface area (Å²) < 4.78 is 2.38. The number of nitrogens with zero attached hydrogens (tertiary/aromatic N) is 2. The van der Waals surface area contributed by atoms with Crippen LogP contribution < -0.4 is 0 Å². The quantitative estimate of drug-likeness (QED) is 0.0873. The van der Waals surface area contributed by atoms with Crippen LogP contribution in [0.3, 0.4) is 0 Å². The van der Waals surface area contributed by atoms with Crippen LogP contribution in [0.4, 0.5) is 0 Å². The van der Waals surface area contributed by atoms with E-state index in [1.165, 1.54) is 64.3 Å². The van der Waals surface area contributed by atoms with Gasteiger partial charge in [-0.1, -0.05) is 87.8 Å². The summed E-state index contributed by atoms with van der Waals surface area (Å²) in [4.78, 5) is 10.6. The number of aromatic nitrogens is 2. The lowest BCUT2D eigenvalue weighted by Gasteiger charge is -2.21. The summed E-state index contributed by atoms with van der Waals surface area (Å²) in [5.74, 6) is 7.85. The van der Waals surface area contributed by atoms with Gasteiger partial charge in [-0.15, -0.1) is 33.8 Å². The molecule has 0 amide bonds. The number of rotatable bonds is 8. The normalized spacial score (nSPS) is 12.0. The molecule has 2 aromatic heterocycles. The third-order valence-electron chi connectivity index (χ3n) is 12.0. The average molecular weight is 777 g/mol. The van der Waals surface area contributed by atoms with Crippen LogP contribution in [0.1, 0.15) is 74.9 Å². The smallest absolute Gasteiger partial charge is 0.138 e. The van der Waals surface area contributed by atoms with Crippen molar-refractivity contribution in [3.8, 4) is 44.1 Å². The van der Waals surface area contributed by atoms with E-state index in [0.717, 1.165) is 68.4 Å². The van der Waals surface area contributed by atoms with Gasteiger partial charge in [0.05, 0.1) is 20.4 Å². The third kappa shape index (κ3) is 7.11. The average Bonchev–Trinajstić information content (AvgIpc) is 3.78. The van der Waals surface area contributed by atoms with Crippen molar-refractivity contribution in [1.29, 1.82) is 0 Å². The minimum absolute atomic E-state index is 1.03. The second-order valence-electron chi connectivity index (χ2n) is 15.5. The predicted molar refractivity (Wildman–Crippen MR) is 246 cm³/mol. The van der Waals surface area contributed by atoms with Crippen LogP contribution in [0, 0.1) is 50.6 Å². The first-order valence-corrected chi connectivity index (χ1v) is 26.7. The van der Waals surface area contributed by atoms with Gasteiger partial charge < -0.3 is 0 Å². The Hall–Kier alpha value is -4.05. The topological polar surface area (TPSA) is 25.8 Å². The van der Waals surface area contributed by atoms with E-state index in [9.17, 15) is 0 Å². The lowest BCUT2D eigenvalue weighted by molar-refractivity contribution is 1.20. The number of benzene rings is 5. The molecule has 54 heavy (non-hydrogen) atoms. The molecule has 7 aromatic rings. The van der Waals surface area contributed by atoms with Crippen molar-refractivity contribution >= 4 is 80.8 Å². The van der Waals surface area contributed by atoms with E-state index in [1.807, 2.05) is 0 Å². The Morgan fingerprint density at radius 1 is 0.444 bits per heavy atom. The van der Waals surface area contributed by atoms with Crippen LogP contribution in [-0.2, 0) is 0 Å². The summed E-state index contributed by atoms with van der Waals surface area (Å²) in [5.41, 5.74) is 19.7. The summed E-state index contributed by atoms with van der Waals surface area (Å²) in [5, 5.41) is 6.84. The Kier molecular flexibility index (Phi) is 10.8. The second kappa shape index (κ2) is 15.2. The lowest BCUT2D eigenvalue weighted by atomic mass is 9.92. The van der Waals surface area contributed by atoms with Gasteiger partial charge in [0.25, 0.3) is 0 Å². The monoisotopic (exact) mass is 776 g/mol. The number of aryl methyl sites for hydroxylation is 4. The fourth-order valence-electron chi connectivity index (χ4n) is 8.20. The minimum Gasteiger partial charge on any atom is -0.236 e. The van der Waals surface area contributed by atoms with E-state index >= 15 is 0 Å². The van der Waals surface area contributed by atoms with Crippen LogP contribution in [-0.4, -0.2) is 26.1 Å². The van der Waals surface area contributed by atoms with Gasteiger partial charge in [0.15, 0.2) is 0 Å². The minimum atomic E-state index is -1.76. The van der Waals surface area contributed by atoms with Gasteiger partial charge in [-0.2, -0.15) is 0 Å². The molecule has 0 N–H and O–H groups in total. The SMILES string of the molecule is CC[Si](C#Cc1c2cc3nc(-c4cc(C)cc(C)c4)sc3cc2c(C#C[Si](CC)(CC)CC)c2cc3nc(-c4cc(C)cc(C)c4)sc3cc12)(CC)CC. The van der Waals surface area contributed by atoms with E-state index < -0.39 is 16.1 Å². The van der Waals surface area contributed by atoms with Gasteiger partial charge in [-0.3, -0.25) is 0 Å². The Morgan fingerprint density at radius 3 is 1.07 bits per heavy atom.